The molecule has 216 valence electrons. The molecule has 0 aliphatic carbocycles. The number of nitrogens with zero attached hydrogens (tertiary/aromatic N) is 6. The van der Waals surface area contributed by atoms with Crippen molar-refractivity contribution >= 4 is 23.0 Å². The third kappa shape index (κ3) is 5.46. The van der Waals surface area contributed by atoms with Crippen molar-refractivity contribution in [3.05, 3.63) is 84.3 Å². The number of rotatable bonds is 8. The lowest BCUT2D eigenvalue weighted by molar-refractivity contribution is 0.0210. The van der Waals surface area contributed by atoms with Crippen LogP contribution in [-0.2, 0) is 16.5 Å². The van der Waals surface area contributed by atoms with Gasteiger partial charge < -0.3 is 19.4 Å². The highest BCUT2D eigenvalue weighted by Crippen LogP contribution is 2.35. The summed E-state index contributed by atoms with van der Waals surface area (Å²) in [5.41, 5.74) is 5.12. The second-order valence-electron chi connectivity index (χ2n) is 10.3. The molecule has 1 aliphatic rings. The zero-order chi connectivity index (χ0) is 29.2. The van der Waals surface area contributed by atoms with Gasteiger partial charge in [0.05, 0.1) is 29.9 Å². The Morgan fingerprint density at radius 2 is 2.00 bits per heavy atom. The number of para-hydroxylation sites is 1. The number of pyridine rings is 2. The molecule has 2 amide bonds. The predicted molar refractivity (Wildman–Crippen MR) is 155 cm³/mol. The molecule has 0 unspecified atom stereocenters. The molecular weight excluding hydrogens is 539 g/mol. The minimum atomic E-state index is -0.604. The van der Waals surface area contributed by atoms with Crippen LogP contribution in [0.15, 0.2) is 67.3 Å². The molecule has 0 radical (unpaired) electrons. The summed E-state index contributed by atoms with van der Waals surface area (Å²) in [5.74, 6) is -0.0934. The van der Waals surface area contributed by atoms with Gasteiger partial charge in [-0.15, -0.1) is 0 Å². The quantitative estimate of drug-likeness (QED) is 0.259. The smallest absolute Gasteiger partial charge is 0.320 e. The summed E-state index contributed by atoms with van der Waals surface area (Å²) in [6, 6.07) is 13.7. The number of halogens is 1. The first-order valence-corrected chi connectivity index (χ1v) is 13.7. The number of aryl methyl sites for hydroxylation is 1. The van der Waals surface area contributed by atoms with Crippen molar-refractivity contribution in [1.82, 2.24) is 34.6 Å². The SMILES string of the molecule is COCC[C@@H]1C[C@@H](NC(=O)Nc2c(C)c(-c3cnc4c(c3)ncn4C)nn2-c2ccccc2)[C@H](c2ccnc(F)c2)O1. The Balaban J connectivity index is 1.30. The van der Waals surface area contributed by atoms with Gasteiger partial charge in [-0.1, -0.05) is 18.2 Å². The van der Waals surface area contributed by atoms with Crippen molar-refractivity contribution in [1.29, 1.82) is 0 Å². The number of benzene rings is 1. The first-order chi connectivity index (χ1) is 20.4. The second-order valence-corrected chi connectivity index (χ2v) is 10.3. The molecule has 1 fully saturated rings. The van der Waals surface area contributed by atoms with E-state index < -0.39 is 24.1 Å². The van der Waals surface area contributed by atoms with E-state index in [-0.39, 0.29) is 6.10 Å². The average molecular weight is 571 g/mol. The fraction of sp³-hybridized carbons (Fsp3) is 0.300. The third-order valence-corrected chi connectivity index (χ3v) is 7.44. The molecule has 5 heterocycles. The summed E-state index contributed by atoms with van der Waals surface area (Å²) in [4.78, 5) is 26.2. The van der Waals surface area contributed by atoms with Crippen molar-refractivity contribution in [3.63, 3.8) is 0 Å². The van der Waals surface area contributed by atoms with Gasteiger partial charge >= 0.3 is 6.03 Å². The van der Waals surface area contributed by atoms with E-state index in [9.17, 15) is 9.18 Å². The minimum Gasteiger partial charge on any atom is -0.385 e. The van der Waals surface area contributed by atoms with Crippen LogP contribution in [0.2, 0.25) is 0 Å². The van der Waals surface area contributed by atoms with Crippen molar-refractivity contribution in [2.45, 2.75) is 38.0 Å². The van der Waals surface area contributed by atoms with Crippen LogP contribution in [0.3, 0.4) is 0 Å². The number of anilines is 1. The molecule has 2 N–H and O–H groups in total. The maximum atomic E-state index is 14.0. The van der Waals surface area contributed by atoms with Gasteiger partial charge in [0.2, 0.25) is 5.95 Å². The van der Waals surface area contributed by atoms with Crippen LogP contribution in [0.1, 0.15) is 30.1 Å². The molecule has 11 nitrogen and oxygen atoms in total. The van der Waals surface area contributed by atoms with E-state index in [1.54, 1.807) is 30.4 Å². The Labute approximate surface area is 241 Å². The molecule has 1 saturated heterocycles. The molecule has 0 saturated carbocycles. The highest BCUT2D eigenvalue weighted by molar-refractivity contribution is 5.91. The van der Waals surface area contributed by atoms with Gasteiger partial charge in [-0.25, -0.2) is 24.4 Å². The number of fused-ring (bicyclic) bond motifs is 1. The largest absolute Gasteiger partial charge is 0.385 e. The topological polar surface area (TPSA) is 121 Å². The van der Waals surface area contributed by atoms with Crippen molar-refractivity contribution < 1.29 is 18.7 Å². The van der Waals surface area contributed by atoms with Crippen LogP contribution >= 0.6 is 0 Å². The fourth-order valence-electron chi connectivity index (χ4n) is 5.37. The highest BCUT2D eigenvalue weighted by Gasteiger charge is 2.37. The number of carbonyl (C=O) groups excluding carboxylic acids is 1. The Hall–Kier alpha value is -4.68. The molecule has 0 bridgehead atoms. The number of ether oxygens (including phenoxy) is 2. The predicted octanol–water partition coefficient (Wildman–Crippen LogP) is 4.72. The molecule has 3 atom stereocenters. The molecule has 42 heavy (non-hydrogen) atoms. The molecule has 6 rings (SSSR count). The Kier molecular flexibility index (Phi) is 7.64. The number of nitrogens with one attached hydrogen (secondary N) is 2. The van der Waals surface area contributed by atoms with Gasteiger partial charge in [-0.3, -0.25) is 5.32 Å². The van der Waals surface area contributed by atoms with Crippen LogP contribution in [0.5, 0.6) is 0 Å². The van der Waals surface area contributed by atoms with E-state index in [1.807, 2.05) is 54.9 Å². The van der Waals surface area contributed by atoms with Gasteiger partial charge in [-0.05, 0) is 55.7 Å². The summed E-state index contributed by atoms with van der Waals surface area (Å²) < 4.78 is 29.0. The first kappa shape index (κ1) is 27.5. The molecule has 4 aromatic heterocycles. The summed E-state index contributed by atoms with van der Waals surface area (Å²) in [5, 5.41) is 11.0. The Morgan fingerprint density at radius 1 is 1.17 bits per heavy atom. The maximum Gasteiger partial charge on any atom is 0.320 e. The van der Waals surface area contributed by atoms with Gasteiger partial charge in [0, 0.05) is 44.3 Å². The minimum absolute atomic E-state index is 0.159. The van der Waals surface area contributed by atoms with Crippen molar-refractivity contribution in [2.24, 2.45) is 7.05 Å². The standard InChI is InChI=1S/C30H31FN8O3/c1-18-26(20-13-24-29(33-16-20)38(2)17-34-24)37-39(21-7-5-4-6-8-21)28(18)36-30(40)35-23-15-22(10-12-41-3)42-27(23)19-9-11-32-25(31)14-19/h4-9,11,13-14,16-17,22-23,27H,10,12,15H2,1-3H3,(H2,35,36,40)/t22-,23-,27+/m1/s1. The third-order valence-electron chi connectivity index (χ3n) is 7.44. The fourth-order valence-corrected chi connectivity index (χ4v) is 5.37. The first-order valence-electron chi connectivity index (χ1n) is 13.7. The molecule has 1 aliphatic heterocycles. The molecule has 1 aromatic carbocycles. The van der Waals surface area contributed by atoms with Crippen molar-refractivity contribution in [3.8, 4) is 16.9 Å². The summed E-state index contributed by atoms with van der Waals surface area (Å²) >= 11 is 0. The molecule has 12 heteroatoms. The van der Waals surface area contributed by atoms with E-state index in [4.69, 9.17) is 14.6 Å². The second kappa shape index (κ2) is 11.7. The number of hydrogen-bond acceptors (Lipinski definition) is 7. The lowest BCUT2D eigenvalue weighted by Crippen LogP contribution is -2.40. The average Bonchev–Trinajstić information content (AvgIpc) is 3.67. The number of amides is 2. The van der Waals surface area contributed by atoms with Crippen LogP contribution in [0.4, 0.5) is 15.0 Å². The van der Waals surface area contributed by atoms with Crippen molar-refractivity contribution in [2.75, 3.05) is 19.0 Å². The monoisotopic (exact) mass is 570 g/mol. The van der Waals surface area contributed by atoms with Crippen LogP contribution < -0.4 is 10.6 Å². The van der Waals surface area contributed by atoms with E-state index in [1.165, 1.54) is 12.3 Å². The zero-order valence-corrected chi connectivity index (χ0v) is 23.5. The van der Waals surface area contributed by atoms with Crippen LogP contribution in [-0.4, -0.2) is 61.2 Å². The van der Waals surface area contributed by atoms with Gasteiger partial charge in [0.1, 0.15) is 17.4 Å². The van der Waals surface area contributed by atoms with Gasteiger partial charge in [0.15, 0.2) is 5.65 Å². The van der Waals surface area contributed by atoms with Gasteiger partial charge in [-0.2, -0.15) is 9.49 Å². The normalized spacial score (nSPS) is 18.4. The van der Waals surface area contributed by atoms with E-state index in [0.29, 0.717) is 36.5 Å². The number of aromatic nitrogens is 6. The van der Waals surface area contributed by atoms with Crippen LogP contribution in [0.25, 0.3) is 28.1 Å². The van der Waals surface area contributed by atoms with Crippen LogP contribution in [0, 0.1) is 12.9 Å². The number of methoxy groups -OCH3 is 1. The Bertz CT molecular complexity index is 1720. The maximum absolute atomic E-state index is 14.0. The number of hydrogen-bond donors (Lipinski definition) is 2. The number of carbonyl (C=O) groups is 1. The van der Waals surface area contributed by atoms with Gasteiger partial charge in [0.25, 0.3) is 0 Å². The lowest BCUT2D eigenvalue weighted by Gasteiger charge is -2.21. The Morgan fingerprint density at radius 3 is 2.79 bits per heavy atom. The molecule has 0 spiro atoms. The number of urea groups is 1. The van der Waals surface area contributed by atoms with E-state index in [2.05, 4.69) is 25.6 Å². The molecular formula is C30H31FN8O3. The summed E-state index contributed by atoms with van der Waals surface area (Å²) in [7, 11) is 3.52. The lowest BCUT2D eigenvalue weighted by atomic mass is 10.0. The molecule has 5 aromatic rings. The summed E-state index contributed by atoms with van der Waals surface area (Å²) in [6.07, 6.45) is 5.37. The van der Waals surface area contributed by atoms with E-state index in [0.717, 1.165) is 28.0 Å². The zero-order valence-electron chi connectivity index (χ0n) is 23.5. The summed E-state index contributed by atoms with van der Waals surface area (Å²) in [6.45, 7) is 2.42. The van der Waals surface area contributed by atoms with E-state index >= 15 is 0 Å². The highest BCUT2D eigenvalue weighted by atomic mass is 19.1. The number of imidazole rings is 1.